The molecular formula is C26H31NO4. The summed E-state index contributed by atoms with van der Waals surface area (Å²) in [5, 5.41) is 0. The van der Waals surface area contributed by atoms with E-state index in [0.29, 0.717) is 44.3 Å². The summed E-state index contributed by atoms with van der Waals surface area (Å²) < 4.78 is 12.3. The van der Waals surface area contributed by atoms with Gasteiger partial charge in [0.1, 0.15) is 11.5 Å². The first kappa shape index (κ1) is 21.6. The van der Waals surface area contributed by atoms with Gasteiger partial charge >= 0.3 is 0 Å². The van der Waals surface area contributed by atoms with Gasteiger partial charge in [0.2, 0.25) is 0 Å². The molecule has 164 valence electrons. The van der Waals surface area contributed by atoms with E-state index in [0.717, 1.165) is 16.9 Å². The fraction of sp³-hybridized carbons (Fsp3) is 0.462. The molecule has 5 nitrogen and oxygen atoms in total. The summed E-state index contributed by atoms with van der Waals surface area (Å²) in [6.45, 7) is 7.13. The number of likely N-dealkylation sites (tertiary alicyclic amines) is 1. The van der Waals surface area contributed by atoms with Crippen molar-refractivity contribution in [2.24, 2.45) is 0 Å². The van der Waals surface area contributed by atoms with Crippen LogP contribution in [0.4, 0.5) is 0 Å². The van der Waals surface area contributed by atoms with Crippen LogP contribution >= 0.6 is 0 Å². The summed E-state index contributed by atoms with van der Waals surface area (Å²) >= 11 is 0. The number of Topliss-reactive ketones (excluding diaryl/α,β-unsaturated/α-hetero) is 1. The topological polar surface area (TPSA) is 55.8 Å². The maximum absolute atomic E-state index is 13.1. The zero-order chi connectivity index (χ0) is 22.0. The zero-order valence-electron chi connectivity index (χ0n) is 18.6. The number of ether oxygens (including phenoxy) is 2. The van der Waals surface area contributed by atoms with Crippen LogP contribution in [0.5, 0.6) is 5.75 Å². The quantitative estimate of drug-likeness (QED) is 0.706. The van der Waals surface area contributed by atoms with Crippen LogP contribution in [-0.2, 0) is 9.53 Å². The van der Waals surface area contributed by atoms with Gasteiger partial charge in [-0.15, -0.1) is 0 Å². The molecule has 0 N–H and O–H groups in total. The van der Waals surface area contributed by atoms with Gasteiger partial charge in [0, 0.05) is 31.5 Å². The molecule has 0 aromatic heterocycles. The molecule has 0 bridgehead atoms. The second kappa shape index (κ2) is 8.83. The molecule has 1 amide bonds. The number of carbonyl (C=O) groups excluding carboxylic acids is 2. The van der Waals surface area contributed by atoms with Crippen molar-refractivity contribution in [3.63, 3.8) is 0 Å². The molecule has 2 aromatic carbocycles. The summed E-state index contributed by atoms with van der Waals surface area (Å²) in [4.78, 5) is 27.5. The highest BCUT2D eigenvalue weighted by molar-refractivity contribution is 5.94. The molecule has 2 saturated heterocycles. The first-order chi connectivity index (χ1) is 14.8. The maximum Gasteiger partial charge on any atom is 0.253 e. The Morgan fingerprint density at radius 3 is 2.48 bits per heavy atom. The van der Waals surface area contributed by atoms with Crippen molar-refractivity contribution >= 4 is 11.7 Å². The van der Waals surface area contributed by atoms with Gasteiger partial charge in [-0.3, -0.25) is 9.59 Å². The monoisotopic (exact) mass is 421 g/mol. The van der Waals surface area contributed by atoms with Gasteiger partial charge in [0.05, 0.1) is 17.8 Å². The molecule has 2 heterocycles. The van der Waals surface area contributed by atoms with Crippen LogP contribution in [0, 0.1) is 6.92 Å². The predicted octanol–water partition coefficient (Wildman–Crippen LogP) is 4.88. The van der Waals surface area contributed by atoms with E-state index in [1.165, 1.54) is 0 Å². The Bertz CT molecular complexity index is 945. The molecule has 1 spiro atoms. The summed E-state index contributed by atoms with van der Waals surface area (Å²) in [7, 11) is 0. The third kappa shape index (κ3) is 4.82. The third-order valence-corrected chi connectivity index (χ3v) is 6.24. The van der Waals surface area contributed by atoms with Gasteiger partial charge in [-0.05, 0) is 62.9 Å². The number of amides is 1. The smallest absolute Gasteiger partial charge is 0.253 e. The molecule has 31 heavy (non-hydrogen) atoms. The number of piperidine rings is 1. The van der Waals surface area contributed by atoms with E-state index < -0.39 is 5.60 Å². The Morgan fingerprint density at radius 1 is 1.13 bits per heavy atom. The van der Waals surface area contributed by atoms with Gasteiger partial charge in [0.25, 0.3) is 5.91 Å². The zero-order valence-corrected chi connectivity index (χ0v) is 18.6. The van der Waals surface area contributed by atoms with E-state index in [4.69, 9.17) is 9.47 Å². The van der Waals surface area contributed by atoms with Gasteiger partial charge < -0.3 is 14.4 Å². The van der Waals surface area contributed by atoms with Gasteiger partial charge in [-0.2, -0.15) is 0 Å². The first-order valence-electron chi connectivity index (χ1n) is 11.2. The molecule has 5 heteroatoms. The highest BCUT2D eigenvalue weighted by atomic mass is 16.5. The molecule has 1 unspecified atom stereocenters. The minimum Gasteiger partial charge on any atom is -0.491 e. The third-order valence-electron chi connectivity index (χ3n) is 6.24. The van der Waals surface area contributed by atoms with Crippen molar-refractivity contribution in [3.05, 3.63) is 65.2 Å². The number of carbonyl (C=O) groups is 2. The Morgan fingerprint density at radius 2 is 1.84 bits per heavy atom. The van der Waals surface area contributed by atoms with E-state index in [-0.39, 0.29) is 23.9 Å². The fourth-order valence-electron chi connectivity index (χ4n) is 4.64. The minimum atomic E-state index is -0.461. The molecular weight excluding hydrogens is 390 g/mol. The van der Waals surface area contributed by atoms with Crippen molar-refractivity contribution in [2.75, 3.05) is 13.1 Å². The molecule has 0 saturated carbocycles. The average molecular weight is 422 g/mol. The van der Waals surface area contributed by atoms with Crippen molar-refractivity contribution < 1.29 is 19.1 Å². The minimum absolute atomic E-state index is 0.0239. The van der Waals surface area contributed by atoms with Crippen molar-refractivity contribution in [1.82, 2.24) is 4.90 Å². The van der Waals surface area contributed by atoms with E-state index in [1.807, 2.05) is 74.2 Å². The van der Waals surface area contributed by atoms with Gasteiger partial charge in [0.15, 0.2) is 0 Å². The number of ketones is 1. The molecule has 0 aliphatic carbocycles. The second-order valence-electron chi connectivity index (χ2n) is 9.06. The van der Waals surface area contributed by atoms with E-state index in [9.17, 15) is 9.59 Å². The van der Waals surface area contributed by atoms with Crippen LogP contribution in [0.1, 0.15) is 67.1 Å². The van der Waals surface area contributed by atoms with Crippen LogP contribution in [0.2, 0.25) is 0 Å². The van der Waals surface area contributed by atoms with Crippen molar-refractivity contribution in [1.29, 1.82) is 0 Å². The number of aryl methyl sites for hydroxylation is 1. The lowest BCUT2D eigenvalue weighted by Crippen LogP contribution is -2.51. The number of hydrogen-bond acceptors (Lipinski definition) is 4. The summed E-state index contributed by atoms with van der Waals surface area (Å²) in [6.07, 6.45) is 2.14. The highest BCUT2D eigenvalue weighted by Gasteiger charge is 2.44. The summed E-state index contributed by atoms with van der Waals surface area (Å²) in [5.74, 6) is 1.08. The molecule has 0 radical (unpaired) electrons. The van der Waals surface area contributed by atoms with Gasteiger partial charge in [-0.1, -0.05) is 30.3 Å². The van der Waals surface area contributed by atoms with E-state index in [2.05, 4.69) is 0 Å². The van der Waals surface area contributed by atoms with Crippen LogP contribution in [-0.4, -0.2) is 41.4 Å². The maximum atomic E-state index is 13.1. The largest absolute Gasteiger partial charge is 0.491 e. The van der Waals surface area contributed by atoms with Crippen molar-refractivity contribution in [2.45, 2.75) is 64.3 Å². The Hall–Kier alpha value is -2.66. The molecule has 4 rings (SSSR count). The molecule has 2 aliphatic heterocycles. The lowest BCUT2D eigenvalue weighted by Gasteiger charge is -2.46. The number of benzene rings is 2. The molecule has 2 aromatic rings. The Kier molecular flexibility index (Phi) is 6.15. The van der Waals surface area contributed by atoms with Crippen LogP contribution in [0.25, 0.3) is 0 Å². The van der Waals surface area contributed by atoms with E-state index in [1.54, 1.807) is 0 Å². The fourth-order valence-corrected chi connectivity index (χ4v) is 4.64. The molecule has 2 aliphatic rings. The standard InChI is InChI=1S/C26H31NO4/c1-18(2)30-23-10-9-21(15-19(23)3)25(29)27-13-11-26(12-14-27)17-22(28)16-24(31-26)20-7-5-4-6-8-20/h4-10,15,18,24H,11-14,16-17H2,1-3H3. The summed E-state index contributed by atoms with van der Waals surface area (Å²) in [5.41, 5.74) is 2.22. The average Bonchev–Trinajstić information content (AvgIpc) is 2.75. The van der Waals surface area contributed by atoms with Crippen LogP contribution in [0.3, 0.4) is 0 Å². The second-order valence-corrected chi connectivity index (χ2v) is 9.06. The summed E-state index contributed by atoms with van der Waals surface area (Å²) in [6, 6.07) is 15.6. The first-order valence-corrected chi connectivity index (χ1v) is 11.2. The van der Waals surface area contributed by atoms with E-state index >= 15 is 0 Å². The lowest BCUT2D eigenvalue weighted by atomic mass is 9.81. The SMILES string of the molecule is Cc1cc(C(=O)N2CCC3(CC2)CC(=O)CC(c2ccccc2)O3)ccc1OC(C)C. The Labute approximate surface area is 184 Å². The number of hydrogen-bond donors (Lipinski definition) is 0. The molecule has 1 atom stereocenters. The number of rotatable bonds is 4. The van der Waals surface area contributed by atoms with Crippen LogP contribution < -0.4 is 4.74 Å². The van der Waals surface area contributed by atoms with Gasteiger partial charge in [-0.25, -0.2) is 0 Å². The normalized spacial score (nSPS) is 20.8. The Balaban J connectivity index is 1.42. The predicted molar refractivity (Wildman–Crippen MR) is 119 cm³/mol. The van der Waals surface area contributed by atoms with Crippen molar-refractivity contribution in [3.8, 4) is 5.75 Å². The molecule has 2 fully saturated rings. The number of nitrogens with zero attached hydrogens (tertiary/aromatic N) is 1. The van der Waals surface area contributed by atoms with Crippen LogP contribution in [0.15, 0.2) is 48.5 Å². The highest BCUT2D eigenvalue weighted by Crippen LogP contribution is 2.41. The lowest BCUT2D eigenvalue weighted by molar-refractivity contribution is -0.167.